The van der Waals surface area contributed by atoms with Gasteiger partial charge in [-0.15, -0.1) is 0 Å². The number of hydrogen-bond donors (Lipinski definition) is 0. The van der Waals surface area contributed by atoms with E-state index in [1.807, 2.05) is 25.1 Å². The number of carbonyl (C=O) groups is 2. The number of ether oxygens (including phenoxy) is 3. The van der Waals surface area contributed by atoms with E-state index in [9.17, 15) is 19.7 Å². The molecular weight excluding hydrogens is 402 g/mol. The van der Waals surface area contributed by atoms with Crippen LogP contribution in [0.3, 0.4) is 0 Å². The molecule has 3 unspecified atom stereocenters. The molecule has 8 heteroatoms. The maximum Gasteiger partial charge on any atom is 0.338 e. The highest BCUT2D eigenvalue weighted by Gasteiger charge is 2.42. The van der Waals surface area contributed by atoms with Gasteiger partial charge in [-0.05, 0) is 49.6 Å². The molecule has 3 atom stereocenters. The number of fused-ring (bicyclic) bond motifs is 1. The van der Waals surface area contributed by atoms with Crippen molar-refractivity contribution in [1.82, 2.24) is 0 Å². The van der Waals surface area contributed by atoms with Crippen LogP contribution in [-0.2, 0) is 14.3 Å². The summed E-state index contributed by atoms with van der Waals surface area (Å²) < 4.78 is 17.0. The van der Waals surface area contributed by atoms with Crippen molar-refractivity contribution in [2.45, 2.75) is 38.4 Å². The molecule has 2 aromatic rings. The van der Waals surface area contributed by atoms with Crippen LogP contribution in [0.4, 0.5) is 5.69 Å². The van der Waals surface area contributed by atoms with Gasteiger partial charge in [0.2, 0.25) is 11.5 Å². The first-order valence-electron chi connectivity index (χ1n) is 10.0. The van der Waals surface area contributed by atoms with E-state index >= 15 is 0 Å². The summed E-state index contributed by atoms with van der Waals surface area (Å²) in [6, 6.07) is 12.7. The SMILES string of the molecule is Cc1cccc(OC2=COC3CC(OC(=O)c4ccc([N+](=O)[O-])cc4)CCC3C2=O)c1. The Balaban J connectivity index is 1.37. The second-order valence-corrected chi connectivity index (χ2v) is 7.69. The van der Waals surface area contributed by atoms with E-state index in [0.29, 0.717) is 25.0 Å². The van der Waals surface area contributed by atoms with Crippen molar-refractivity contribution in [3.63, 3.8) is 0 Å². The largest absolute Gasteiger partial charge is 0.493 e. The Bertz CT molecular complexity index is 1040. The molecular formula is C23H21NO7. The summed E-state index contributed by atoms with van der Waals surface area (Å²) in [7, 11) is 0. The molecule has 1 aliphatic heterocycles. The Hall–Kier alpha value is -3.68. The molecule has 0 bridgehead atoms. The number of carbonyl (C=O) groups excluding carboxylic acids is 2. The van der Waals surface area contributed by atoms with Crippen LogP contribution in [0, 0.1) is 23.0 Å². The van der Waals surface area contributed by atoms with Gasteiger partial charge in [-0.2, -0.15) is 0 Å². The fourth-order valence-corrected chi connectivity index (χ4v) is 3.86. The summed E-state index contributed by atoms with van der Waals surface area (Å²) in [5.74, 6) is -0.267. The number of esters is 1. The molecule has 2 aliphatic rings. The predicted molar refractivity (Wildman–Crippen MR) is 109 cm³/mol. The number of allylic oxidation sites excluding steroid dienone is 1. The van der Waals surface area contributed by atoms with Gasteiger partial charge in [0, 0.05) is 18.6 Å². The molecule has 0 radical (unpaired) electrons. The summed E-state index contributed by atoms with van der Waals surface area (Å²) in [5, 5.41) is 10.7. The van der Waals surface area contributed by atoms with Gasteiger partial charge in [0.1, 0.15) is 24.2 Å². The number of ketones is 1. The number of nitro groups is 1. The van der Waals surface area contributed by atoms with Crippen molar-refractivity contribution in [3.8, 4) is 5.75 Å². The standard InChI is InChI=1S/C23H21NO7/c1-14-3-2-4-17(11-14)30-21-13-29-20-12-18(9-10-19(20)22(21)25)31-23(26)15-5-7-16(8-6-15)24(27)28/h2-8,11,13,18-20H,9-10,12H2,1H3. The molecule has 0 spiro atoms. The van der Waals surface area contributed by atoms with Crippen LogP contribution < -0.4 is 4.74 Å². The number of nitro benzene ring substituents is 1. The van der Waals surface area contributed by atoms with E-state index in [1.54, 1.807) is 6.07 Å². The van der Waals surface area contributed by atoms with Crippen LogP contribution in [0.1, 0.15) is 35.2 Å². The third-order valence-electron chi connectivity index (χ3n) is 5.48. The fourth-order valence-electron chi connectivity index (χ4n) is 3.86. The van der Waals surface area contributed by atoms with Crippen molar-refractivity contribution < 1.29 is 28.7 Å². The minimum Gasteiger partial charge on any atom is -0.493 e. The fraction of sp³-hybridized carbons (Fsp3) is 0.304. The molecule has 0 amide bonds. The van der Waals surface area contributed by atoms with Crippen molar-refractivity contribution in [3.05, 3.63) is 81.8 Å². The van der Waals surface area contributed by atoms with E-state index in [4.69, 9.17) is 14.2 Å². The lowest BCUT2D eigenvalue weighted by Crippen LogP contribution is -2.43. The molecule has 1 heterocycles. The van der Waals surface area contributed by atoms with Gasteiger partial charge in [0.25, 0.3) is 5.69 Å². The van der Waals surface area contributed by atoms with Crippen molar-refractivity contribution in [2.75, 3.05) is 0 Å². The van der Waals surface area contributed by atoms with Crippen molar-refractivity contribution >= 4 is 17.4 Å². The lowest BCUT2D eigenvalue weighted by Gasteiger charge is -2.36. The molecule has 0 aromatic heterocycles. The predicted octanol–water partition coefficient (Wildman–Crippen LogP) is 4.12. The van der Waals surface area contributed by atoms with Gasteiger partial charge in [-0.1, -0.05) is 12.1 Å². The maximum absolute atomic E-state index is 12.9. The first-order chi connectivity index (χ1) is 14.9. The van der Waals surface area contributed by atoms with Crippen LogP contribution >= 0.6 is 0 Å². The average molecular weight is 423 g/mol. The number of non-ortho nitro benzene ring substituents is 1. The first kappa shape index (κ1) is 20.6. The van der Waals surface area contributed by atoms with Gasteiger partial charge in [0.05, 0.1) is 16.4 Å². The smallest absolute Gasteiger partial charge is 0.338 e. The summed E-state index contributed by atoms with van der Waals surface area (Å²) in [6.07, 6.45) is 1.98. The normalized spacial score (nSPS) is 22.5. The third kappa shape index (κ3) is 4.58. The zero-order valence-corrected chi connectivity index (χ0v) is 16.9. The zero-order chi connectivity index (χ0) is 22.0. The zero-order valence-electron chi connectivity index (χ0n) is 16.9. The Morgan fingerprint density at radius 3 is 2.65 bits per heavy atom. The molecule has 4 rings (SSSR count). The number of Topliss-reactive ketones (excluding diaryl/α,β-unsaturated/α-hetero) is 1. The Labute approximate surface area is 178 Å². The van der Waals surface area contributed by atoms with Gasteiger partial charge in [-0.3, -0.25) is 14.9 Å². The van der Waals surface area contributed by atoms with Crippen LogP contribution in [0.2, 0.25) is 0 Å². The van der Waals surface area contributed by atoms with Gasteiger partial charge < -0.3 is 14.2 Å². The highest BCUT2D eigenvalue weighted by Crippen LogP contribution is 2.35. The lowest BCUT2D eigenvalue weighted by atomic mass is 9.80. The van der Waals surface area contributed by atoms with Crippen LogP contribution in [0.25, 0.3) is 0 Å². The second kappa shape index (κ2) is 8.59. The Morgan fingerprint density at radius 1 is 1.16 bits per heavy atom. The summed E-state index contributed by atoms with van der Waals surface area (Å²) >= 11 is 0. The van der Waals surface area contributed by atoms with E-state index in [1.165, 1.54) is 30.5 Å². The average Bonchev–Trinajstić information content (AvgIpc) is 2.76. The van der Waals surface area contributed by atoms with Gasteiger partial charge >= 0.3 is 5.97 Å². The minimum absolute atomic E-state index is 0.0957. The minimum atomic E-state index is -0.556. The molecule has 1 saturated carbocycles. The van der Waals surface area contributed by atoms with E-state index in [2.05, 4.69) is 0 Å². The number of nitrogens with zero attached hydrogens (tertiary/aromatic N) is 1. The second-order valence-electron chi connectivity index (χ2n) is 7.69. The molecule has 0 saturated heterocycles. The van der Waals surface area contributed by atoms with Crippen molar-refractivity contribution in [1.29, 1.82) is 0 Å². The molecule has 2 aromatic carbocycles. The van der Waals surface area contributed by atoms with E-state index in [0.717, 1.165) is 5.56 Å². The number of aryl methyl sites for hydroxylation is 1. The van der Waals surface area contributed by atoms with Gasteiger partial charge in [0.15, 0.2) is 0 Å². The first-order valence-corrected chi connectivity index (χ1v) is 10.0. The molecule has 1 aliphatic carbocycles. The number of benzene rings is 2. The Morgan fingerprint density at radius 2 is 1.94 bits per heavy atom. The number of rotatable bonds is 5. The van der Waals surface area contributed by atoms with E-state index < -0.39 is 17.0 Å². The summed E-state index contributed by atoms with van der Waals surface area (Å²) in [6.45, 7) is 1.94. The Kier molecular flexibility index (Phi) is 5.70. The quantitative estimate of drug-likeness (QED) is 0.405. The number of hydrogen-bond acceptors (Lipinski definition) is 7. The van der Waals surface area contributed by atoms with Crippen LogP contribution in [0.15, 0.2) is 60.6 Å². The molecule has 0 N–H and O–H groups in total. The monoisotopic (exact) mass is 423 g/mol. The summed E-state index contributed by atoms with van der Waals surface area (Å²) in [5.41, 5.74) is 1.17. The van der Waals surface area contributed by atoms with Gasteiger partial charge in [-0.25, -0.2) is 4.79 Å². The lowest BCUT2D eigenvalue weighted by molar-refractivity contribution is -0.384. The molecule has 8 nitrogen and oxygen atoms in total. The highest BCUT2D eigenvalue weighted by molar-refractivity contribution is 5.96. The topological polar surface area (TPSA) is 105 Å². The molecule has 1 fully saturated rings. The highest BCUT2D eigenvalue weighted by atomic mass is 16.6. The molecule has 31 heavy (non-hydrogen) atoms. The third-order valence-corrected chi connectivity index (χ3v) is 5.48. The maximum atomic E-state index is 12.9. The molecule has 160 valence electrons. The van der Waals surface area contributed by atoms with Crippen LogP contribution in [-0.4, -0.2) is 28.9 Å². The van der Waals surface area contributed by atoms with E-state index in [-0.39, 0.29) is 34.8 Å². The summed E-state index contributed by atoms with van der Waals surface area (Å²) in [4.78, 5) is 35.4. The van der Waals surface area contributed by atoms with Crippen molar-refractivity contribution in [2.24, 2.45) is 5.92 Å². The van der Waals surface area contributed by atoms with Crippen LogP contribution in [0.5, 0.6) is 5.75 Å².